The van der Waals surface area contributed by atoms with E-state index < -0.39 is 33.8 Å². The van der Waals surface area contributed by atoms with Crippen molar-refractivity contribution in [3.8, 4) is 0 Å². The summed E-state index contributed by atoms with van der Waals surface area (Å²) in [5.74, 6) is -1.23. The largest absolute Gasteiger partial charge is 0.467 e. The Labute approximate surface area is 167 Å². The van der Waals surface area contributed by atoms with Crippen LogP contribution in [0.5, 0.6) is 0 Å². The highest BCUT2D eigenvalue weighted by Gasteiger charge is 2.36. The van der Waals surface area contributed by atoms with Crippen LogP contribution < -0.4 is 10.6 Å². The van der Waals surface area contributed by atoms with Gasteiger partial charge in [0.25, 0.3) is 0 Å². The number of carbonyl (C=O) groups is 3. The Balaban J connectivity index is 1.75. The standard InChI is InChI=1S/C18H22N2O8S/c1-2-26-17(22)15-12(19-18(23)20-16(15)13-4-3-6-27-13)9-28-14(21)8-11-5-7-29(24,25)10-11/h3-4,6,11,16H,2,5,7-10H2,1H3,(H2,19,20,23). The summed E-state index contributed by atoms with van der Waals surface area (Å²) in [6.07, 6.45) is 1.77. The number of ether oxygens (including phenoxy) is 2. The Kier molecular flexibility index (Phi) is 6.26. The van der Waals surface area contributed by atoms with E-state index in [1.165, 1.54) is 6.26 Å². The molecule has 0 spiro atoms. The van der Waals surface area contributed by atoms with Gasteiger partial charge in [0, 0.05) is 6.42 Å². The molecule has 0 saturated carbocycles. The van der Waals surface area contributed by atoms with E-state index in [9.17, 15) is 22.8 Å². The molecule has 2 amide bonds. The number of esters is 2. The Bertz CT molecular complexity index is 920. The molecule has 1 aromatic heterocycles. The van der Waals surface area contributed by atoms with Gasteiger partial charge in [-0.2, -0.15) is 0 Å². The maximum atomic E-state index is 12.5. The van der Waals surface area contributed by atoms with Crippen molar-refractivity contribution in [3.63, 3.8) is 0 Å². The molecule has 0 aromatic carbocycles. The predicted octanol–water partition coefficient (Wildman–Crippen LogP) is 0.819. The quantitative estimate of drug-likeness (QED) is 0.611. The van der Waals surface area contributed by atoms with E-state index in [2.05, 4.69) is 10.6 Å². The molecule has 1 aromatic rings. The van der Waals surface area contributed by atoms with E-state index in [1.54, 1.807) is 19.1 Å². The second-order valence-corrected chi connectivity index (χ2v) is 9.02. The van der Waals surface area contributed by atoms with Gasteiger partial charge in [-0.05, 0) is 31.4 Å². The number of urea groups is 1. The van der Waals surface area contributed by atoms with Crippen LogP contribution in [-0.2, 0) is 28.9 Å². The molecule has 2 unspecified atom stereocenters. The van der Waals surface area contributed by atoms with Gasteiger partial charge in [-0.3, -0.25) is 4.79 Å². The first kappa shape index (κ1) is 20.9. The summed E-state index contributed by atoms with van der Waals surface area (Å²) in [5.41, 5.74) is 0.152. The fourth-order valence-electron chi connectivity index (χ4n) is 3.33. The molecule has 29 heavy (non-hydrogen) atoms. The topological polar surface area (TPSA) is 141 Å². The van der Waals surface area contributed by atoms with Crippen molar-refractivity contribution < 1.29 is 36.7 Å². The van der Waals surface area contributed by atoms with Crippen molar-refractivity contribution in [3.05, 3.63) is 35.4 Å². The zero-order valence-electron chi connectivity index (χ0n) is 15.8. The van der Waals surface area contributed by atoms with E-state index in [1.807, 2.05) is 0 Å². The third kappa shape index (κ3) is 5.17. The molecule has 10 nitrogen and oxygen atoms in total. The highest BCUT2D eigenvalue weighted by molar-refractivity contribution is 7.91. The summed E-state index contributed by atoms with van der Waals surface area (Å²) < 4.78 is 38.6. The molecule has 1 fully saturated rings. The Morgan fingerprint density at radius 2 is 2.10 bits per heavy atom. The zero-order chi connectivity index (χ0) is 21.0. The zero-order valence-corrected chi connectivity index (χ0v) is 16.6. The number of rotatable bonds is 7. The van der Waals surface area contributed by atoms with E-state index >= 15 is 0 Å². The average Bonchev–Trinajstić information content (AvgIpc) is 3.29. The number of furan rings is 1. The first-order chi connectivity index (χ1) is 13.8. The Morgan fingerprint density at radius 3 is 2.72 bits per heavy atom. The smallest absolute Gasteiger partial charge is 0.338 e. The molecule has 1 saturated heterocycles. The van der Waals surface area contributed by atoms with Crippen LogP contribution in [0.15, 0.2) is 34.1 Å². The van der Waals surface area contributed by atoms with Crippen LogP contribution in [0.3, 0.4) is 0 Å². The summed E-state index contributed by atoms with van der Waals surface area (Å²) in [6.45, 7) is 1.39. The molecule has 2 aliphatic rings. The summed E-state index contributed by atoms with van der Waals surface area (Å²) in [6, 6.07) is 1.72. The molecule has 3 heterocycles. The number of hydrogen-bond acceptors (Lipinski definition) is 8. The van der Waals surface area contributed by atoms with Gasteiger partial charge in [0.15, 0.2) is 9.84 Å². The van der Waals surface area contributed by atoms with Gasteiger partial charge in [-0.25, -0.2) is 18.0 Å². The second-order valence-electron chi connectivity index (χ2n) is 6.79. The third-order valence-corrected chi connectivity index (χ3v) is 6.47. The highest BCUT2D eigenvalue weighted by atomic mass is 32.2. The Hall–Kier alpha value is -2.82. The summed E-state index contributed by atoms with van der Waals surface area (Å²) >= 11 is 0. The van der Waals surface area contributed by atoms with Gasteiger partial charge in [0.05, 0.1) is 35.6 Å². The fraction of sp³-hybridized carbons (Fsp3) is 0.500. The first-order valence-corrected chi connectivity index (χ1v) is 11.0. The lowest BCUT2D eigenvalue weighted by atomic mass is 10.0. The fourth-order valence-corrected chi connectivity index (χ4v) is 5.19. The number of nitrogens with one attached hydrogen (secondary N) is 2. The van der Waals surface area contributed by atoms with Gasteiger partial charge in [-0.1, -0.05) is 0 Å². The van der Waals surface area contributed by atoms with Gasteiger partial charge >= 0.3 is 18.0 Å². The number of amides is 2. The van der Waals surface area contributed by atoms with Crippen LogP contribution >= 0.6 is 0 Å². The number of hydrogen-bond donors (Lipinski definition) is 2. The van der Waals surface area contributed by atoms with Crippen molar-refractivity contribution in [1.82, 2.24) is 10.6 Å². The summed E-state index contributed by atoms with van der Waals surface area (Å²) in [7, 11) is -3.10. The van der Waals surface area contributed by atoms with Crippen molar-refractivity contribution >= 4 is 27.8 Å². The minimum atomic E-state index is -3.10. The molecule has 158 valence electrons. The van der Waals surface area contributed by atoms with Crippen molar-refractivity contribution in [2.24, 2.45) is 5.92 Å². The molecule has 2 N–H and O–H groups in total. The minimum absolute atomic E-state index is 0.0416. The van der Waals surface area contributed by atoms with Crippen molar-refractivity contribution in [2.45, 2.75) is 25.8 Å². The molecular formula is C18H22N2O8S. The minimum Gasteiger partial charge on any atom is -0.467 e. The maximum absolute atomic E-state index is 12.5. The molecule has 2 aliphatic heterocycles. The SMILES string of the molecule is CCOC(=O)C1=C(COC(=O)CC2CCS(=O)(=O)C2)NC(=O)NC1c1ccco1. The number of sulfone groups is 1. The van der Waals surface area contributed by atoms with Crippen LogP contribution in [0.1, 0.15) is 31.6 Å². The lowest BCUT2D eigenvalue weighted by Gasteiger charge is -2.27. The molecule has 0 radical (unpaired) electrons. The van der Waals surface area contributed by atoms with Gasteiger partial charge in [0.1, 0.15) is 18.4 Å². The molecule has 0 bridgehead atoms. The van der Waals surface area contributed by atoms with Gasteiger partial charge in [-0.15, -0.1) is 0 Å². The summed E-state index contributed by atoms with van der Waals surface area (Å²) in [4.78, 5) is 36.7. The van der Waals surface area contributed by atoms with Crippen LogP contribution in [0, 0.1) is 5.92 Å². The lowest BCUT2D eigenvalue weighted by Crippen LogP contribution is -2.47. The average molecular weight is 426 g/mol. The predicted molar refractivity (Wildman–Crippen MR) is 99.1 cm³/mol. The van der Waals surface area contributed by atoms with E-state index in [0.717, 1.165) is 0 Å². The molecular weight excluding hydrogens is 404 g/mol. The molecule has 3 rings (SSSR count). The molecule has 2 atom stereocenters. The summed E-state index contributed by atoms with van der Waals surface area (Å²) in [5, 5.41) is 5.06. The van der Waals surface area contributed by atoms with Crippen LogP contribution in [0.25, 0.3) is 0 Å². The molecule has 0 aliphatic carbocycles. The second kappa shape index (κ2) is 8.68. The lowest BCUT2D eigenvalue weighted by molar-refractivity contribution is -0.144. The van der Waals surface area contributed by atoms with Gasteiger partial charge < -0.3 is 24.5 Å². The van der Waals surface area contributed by atoms with E-state index in [-0.39, 0.29) is 48.3 Å². The highest BCUT2D eigenvalue weighted by Crippen LogP contribution is 2.28. The maximum Gasteiger partial charge on any atom is 0.338 e. The van der Waals surface area contributed by atoms with Crippen molar-refractivity contribution in [1.29, 1.82) is 0 Å². The molecule has 11 heteroatoms. The number of carbonyl (C=O) groups excluding carboxylic acids is 3. The van der Waals surface area contributed by atoms with Gasteiger partial charge in [0.2, 0.25) is 0 Å². The normalized spacial score (nSPS) is 23.3. The monoisotopic (exact) mass is 426 g/mol. The van der Waals surface area contributed by atoms with E-state index in [4.69, 9.17) is 13.9 Å². The van der Waals surface area contributed by atoms with Crippen LogP contribution in [0.4, 0.5) is 4.79 Å². The van der Waals surface area contributed by atoms with Crippen LogP contribution in [-0.4, -0.2) is 51.1 Å². The first-order valence-electron chi connectivity index (χ1n) is 9.16. The van der Waals surface area contributed by atoms with E-state index in [0.29, 0.717) is 12.2 Å². The van der Waals surface area contributed by atoms with Crippen LogP contribution in [0.2, 0.25) is 0 Å². The Morgan fingerprint density at radius 1 is 1.31 bits per heavy atom. The third-order valence-electron chi connectivity index (χ3n) is 4.64. The van der Waals surface area contributed by atoms with Crippen molar-refractivity contribution in [2.75, 3.05) is 24.7 Å².